The van der Waals surface area contributed by atoms with Gasteiger partial charge in [0.15, 0.2) is 10.7 Å². The number of halogens is 1. The van der Waals surface area contributed by atoms with Crippen LogP contribution in [0.2, 0.25) is 0 Å². The van der Waals surface area contributed by atoms with Gasteiger partial charge in [-0.25, -0.2) is 0 Å². The summed E-state index contributed by atoms with van der Waals surface area (Å²) in [5.74, 6) is -1.15. The van der Waals surface area contributed by atoms with Gasteiger partial charge in [-0.3, -0.25) is 19.3 Å². The molecule has 0 fully saturated rings. The largest absolute Gasteiger partial charge is 0.297 e. The third-order valence-electron chi connectivity index (χ3n) is 2.39. The zero-order valence-electron chi connectivity index (χ0n) is 8.44. The summed E-state index contributed by atoms with van der Waals surface area (Å²) in [4.78, 5) is 35.0. The van der Waals surface area contributed by atoms with E-state index in [-0.39, 0.29) is 5.78 Å². The van der Waals surface area contributed by atoms with Crippen molar-refractivity contribution in [2.24, 2.45) is 0 Å². The molecule has 1 aromatic carbocycles. The number of carbonyl (C=O) groups excluding carboxylic acids is 3. The summed E-state index contributed by atoms with van der Waals surface area (Å²) < 4.78 is 0. The molecular formula is C11H8BrNO3. The van der Waals surface area contributed by atoms with Crippen LogP contribution >= 0.6 is 15.9 Å². The lowest BCUT2D eigenvalue weighted by Crippen LogP contribution is -2.40. The number of hydrogen-bond donors (Lipinski definition) is 0. The van der Waals surface area contributed by atoms with Gasteiger partial charge in [0.2, 0.25) is 0 Å². The van der Waals surface area contributed by atoms with Gasteiger partial charge >= 0.3 is 0 Å². The van der Waals surface area contributed by atoms with Gasteiger partial charge in [0.1, 0.15) is 0 Å². The molecule has 2 rings (SSSR count). The number of benzene rings is 1. The van der Waals surface area contributed by atoms with Gasteiger partial charge in [0.05, 0.1) is 11.1 Å². The van der Waals surface area contributed by atoms with Crippen molar-refractivity contribution in [2.75, 3.05) is 0 Å². The number of nitrogens with zero attached hydrogens (tertiary/aromatic N) is 1. The number of alkyl halides is 1. The first-order valence-corrected chi connectivity index (χ1v) is 5.57. The normalized spacial score (nSPS) is 16.2. The molecule has 0 saturated carbocycles. The van der Waals surface area contributed by atoms with Crippen molar-refractivity contribution in [2.45, 2.75) is 11.9 Å². The summed E-state index contributed by atoms with van der Waals surface area (Å²) in [5.41, 5.74) is 0.691. The first-order valence-electron chi connectivity index (χ1n) is 4.65. The quantitative estimate of drug-likeness (QED) is 0.470. The first-order chi connectivity index (χ1) is 7.54. The van der Waals surface area contributed by atoms with Crippen molar-refractivity contribution in [3.63, 3.8) is 0 Å². The van der Waals surface area contributed by atoms with E-state index >= 15 is 0 Å². The number of ketones is 1. The minimum absolute atomic E-state index is 0.283. The minimum Gasteiger partial charge on any atom is -0.297 e. The highest BCUT2D eigenvalue weighted by Gasteiger charge is 2.40. The van der Waals surface area contributed by atoms with Crippen LogP contribution < -0.4 is 0 Å². The van der Waals surface area contributed by atoms with Crippen molar-refractivity contribution in [3.8, 4) is 0 Å². The highest BCUT2D eigenvalue weighted by Crippen LogP contribution is 2.26. The molecule has 0 radical (unpaired) electrons. The van der Waals surface area contributed by atoms with E-state index in [9.17, 15) is 14.4 Å². The smallest absolute Gasteiger partial charge is 0.262 e. The Kier molecular flexibility index (Phi) is 2.63. The Hall–Kier alpha value is -1.49. The molecule has 0 spiro atoms. The van der Waals surface area contributed by atoms with Crippen LogP contribution in [-0.4, -0.2) is 27.4 Å². The van der Waals surface area contributed by atoms with E-state index in [1.165, 1.54) is 6.92 Å². The fourth-order valence-corrected chi connectivity index (χ4v) is 1.97. The molecule has 1 aromatic rings. The highest BCUT2D eigenvalue weighted by atomic mass is 79.9. The minimum atomic E-state index is -0.889. The predicted molar refractivity (Wildman–Crippen MR) is 60.3 cm³/mol. The average Bonchev–Trinajstić information content (AvgIpc) is 2.52. The monoisotopic (exact) mass is 281 g/mol. The lowest BCUT2D eigenvalue weighted by atomic mass is 10.1. The zero-order chi connectivity index (χ0) is 11.9. The van der Waals surface area contributed by atoms with Crippen molar-refractivity contribution in [1.29, 1.82) is 0 Å². The van der Waals surface area contributed by atoms with Crippen LogP contribution in [0, 0.1) is 0 Å². The third kappa shape index (κ3) is 1.48. The van der Waals surface area contributed by atoms with Gasteiger partial charge in [0, 0.05) is 0 Å². The molecule has 2 amide bonds. The second kappa shape index (κ2) is 3.83. The van der Waals surface area contributed by atoms with E-state index in [1.54, 1.807) is 24.3 Å². The Labute approximate surface area is 100 Å². The maximum absolute atomic E-state index is 11.9. The van der Waals surface area contributed by atoms with Gasteiger partial charge in [0.25, 0.3) is 11.8 Å². The Balaban J connectivity index is 2.46. The summed E-state index contributed by atoms with van der Waals surface area (Å²) in [7, 11) is 0. The Morgan fingerprint density at radius 1 is 1.19 bits per heavy atom. The van der Waals surface area contributed by atoms with Gasteiger partial charge in [-0.15, -0.1) is 0 Å². The molecule has 16 heavy (non-hydrogen) atoms. The molecule has 1 aliphatic rings. The maximum atomic E-state index is 11.9. The summed E-state index contributed by atoms with van der Waals surface area (Å²) in [6.07, 6.45) is 0. The SMILES string of the molecule is CC(=O)C(Br)N1C(=O)c2ccccc2C1=O. The average molecular weight is 282 g/mol. The molecule has 0 saturated heterocycles. The molecule has 1 aliphatic heterocycles. The molecule has 1 heterocycles. The van der Waals surface area contributed by atoms with Crippen LogP contribution in [0.1, 0.15) is 27.6 Å². The first kappa shape index (κ1) is 11.0. The number of hydrogen-bond acceptors (Lipinski definition) is 3. The van der Waals surface area contributed by atoms with Gasteiger partial charge in [-0.2, -0.15) is 0 Å². The van der Waals surface area contributed by atoms with Crippen LogP contribution in [0.25, 0.3) is 0 Å². The molecule has 82 valence electrons. The molecule has 4 nitrogen and oxygen atoms in total. The summed E-state index contributed by atoms with van der Waals surface area (Å²) in [6.45, 7) is 1.32. The van der Waals surface area contributed by atoms with Crippen molar-refractivity contribution < 1.29 is 14.4 Å². The molecule has 0 aliphatic carbocycles. The Morgan fingerprint density at radius 3 is 2.00 bits per heavy atom. The van der Waals surface area contributed by atoms with E-state index in [0.29, 0.717) is 11.1 Å². The second-order valence-electron chi connectivity index (χ2n) is 3.47. The zero-order valence-corrected chi connectivity index (χ0v) is 10.0. The van der Waals surface area contributed by atoms with E-state index in [2.05, 4.69) is 15.9 Å². The number of Topliss-reactive ketones (excluding diaryl/α,β-unsaturated/α-hetero) is 1. The molecule has 5 heteroatoms. The second-order valence-corrected chi connectivity index (χ2v) is 4.34. The lowest BCUT2D eigenvalue weighted by molar-refractivity contribution is -0.118. The fraction of sp³-hybridized carbons (Fsp3) is 0.182. The van der Waals surface area contributed by atoms with Crippen LogP contribution in [0.3, 0.4) is 0 Å². The third-order valence-corrected chi connectivity index (χ3v) is 3.44. The number of amides is 2. The number of fused-ring (bicyclic) bond motifs is 1. The predicted octanol–water partition coefficient (Wildman–Crippen LogP) is 1.59. The van der Waals surface area contributed by atoms with E-state index in [0.717, 1.165) is 4.90 Å². The van der Waals surface area contributed by atoms with Crippen molar-refractivity contribution in [1.82, 2.24) is 4.90 Å². The summed E-state index contributed by atoms with van der Waals surface area (Å²) in [5, 5.41) is 0. The molecule has 0 aromatic heterocycles. The number of imide groups is 1. The van der Waals surface area contributed by atoms with E-state index in [1.807, 2.05) is 0 Å². The standard InChI is InChI=1S/C11H8BrNO3/c1-6(14)9(12)13-10(15)7-4-2-3-5-8(7)11(13)16/h2-5,9H,1H3. The molecular weight excluding hydrogens is 274 g/mol. The molecule has 1 unspecified atom stereocenters. The maximum Gasteiger partial charge on any atom is 0.262 e. The summed E-state index contributed by atoms with van der Waals surface area (Å²) in [6, 6.07) is 6.53. The highest BCUT2D eigenvalue weighted by molar-refractivity contribution is 9.10. The van der Waals surface area contributed by atoms with Crippen molar-refractivity contribution >= 4 is 33.5 Å². The van der Waals surface area contributed by atoms with Crippen LogP contribution in [0.4, 0.5) is 0 Å². The van der Waals surface area contributed by atoms with E-state index < -0.39 is 16.8 Å². The summed E-state index contributed by atoms with van der Waals surface area (Å²) >= 11 is 3.04. The van der Waals surface area contributed by atoms with Crippen molar-refractivity contribution in [3.05, 3.63) is 35.4 Å². The number of rotatable bonds is 2. The van der Waals surface area contributed by atoms with Crippen LogP contribution in [0.15, 0.2) is 24.3 Å². The van der Waals surface area contributed by atoms with Crippen LogP contribution in [0.5, 0.6) is 0 Å². The lowest BCUT2D eigenvalue weighted by Gasteiger charge is -2.17. The topological polar surface area (TPSA) is 54.5 Å². The molecule has 0 N–H and O–H groups in total. The fourth-order valence-electron chi connectivity index (χ4n) is 1.60. The van der Waals surface area contributed by atoms with E-state index in [4.69, 9.17) is 0 Å². The molecule has 0 bridgehead atoms. The Bertz CT molecular complexity index is 463. The van der Waals surface area contributed by atoms with Gasteiger partial charge in [-0.05, 0) is 19.1 Å². The number of carbonyl (C=O) groups is 3. The van der Waals surface area contributed by atoms with Crippen LogP contribution in [-0.2, 0) is 4.79 Å². The molecule has 1 atom stereocenters. The Morgan fingerprint density at radius 2 is 1.62 bits per heavy atom. The van der Waals surface area contributed by atoms with Gasteiger partial charge < -0.3 is 0 Å². The van der Waals surface area contributed by atoms with Gasteiger partial charge in [-0.1, -0.05) is 28.1 Å².